The largest absolute Gasteiger partial charge is 0.444 e. The molecule has 0 radical (unpaired) electrons. The number of ether oxygens (including phenoxy) is 1. The lowest BCUT2D eigenvalue weighted by Gasteiger charge is -2.45. The molecule has 0 unspecified atom stereocenters. The summed E-state index contributed by atoms with van der Waals surface area (Å²) < 4.78 is 5.53. The lowest BCUT2D eigenvalue weighted by Crippen LogP contribution is -2.53. The molecule has 1 aromatic carbocycles. The van der Waals surface area contributed by atoms with Crippen LogP contribution in [-0.4, -0.2) is 46.7 Å². The Morgan fingerprint density at radius 1 is 1.19 bits per heavy atom. The summed E-state index contributed by atoms with van der Waals surface area (Å²) in [5.74, 6) is 0. The van der Waals surface area contributed by atoms with Gasteiger partial charge in [-0.3, -0.25) is 4.90 Å². The van der Waals surface area contributed by atoms with E-state index in [1.807, 2.05) is 25.7 Å². The molecule has 0 atom stereocenters. The fraction of sp³-hybridized carbons (Fsp3) is 0.667. The Morgan fingerprint density at radius 2 is 1.88 bits per heavy atom. The Kier molecular flexibility index (Phi) is 5.20. The summed E-state index contributed by atoms with van der Waals surface area (Å²) in [6, 6.07) is 6.36. The van der Waals surface area contributed by atoms with Crippen molar-refractivity contribution in [3.63, 3.8) is 0 Å². The van der Waals surface area contributed by atoms with E-state index in [2.05, 4.69) is 30.0 Å². The number of rotatable bonds is 2. The summed E-state index contributed by atoms with van der Waals surface area (Å²) in [6.45, 7) is 11.4. The van der Waals surface area contributed by atoms with Gasteiger partial charge in [-0.05, 0) is 77.1 Å². The molecule has 2 fully saturated rings. The van der Waals surface area contributed by atoms with Gasteiger partial charge in [0, 0.05) is 30.9 Å². The van der Waals surface area contributed by atoms with Crippen LogP contribution in [0.5, 0.6) is 0 Å². The molecule has 5 heteroatoms. The number of piperidine rings is 1. The first-order chi connectivity index (χ1) is 12.2. The maximum Gasteiger partial charge on any atom is 0.410 e. The van der Waals surface area contributed by atoms with Crippen LogP contribution in [0.15, 0.2) is 18.2 Å². The summed E-state index contributed by atoms with van der Waals surface area (Å²) in [4.78, 5) is 16.8. The van der Waals surface area contributed by atoms with E-state index in [1.165, 1.54) is 24.0 Å². The highest BCUT2D eigenvalue weighted by atomic mass is 16.6. The summed E-state index contributed by atoms with van der Waals surface area (Å²) in [5, 5.41) is 0. The average molecular weight is 360 g/mol. The lowest BCUT2D eigenvalue weighted by molar-refractivity contribution is 0.00169. The number of hydrogen-bond acceptors (Lipinski definition) is 4. The van der Waals surface area contributed by atoms with Crippen LogP contribution >= 0.6 is 0 Å². The third kappa shape index (κ3) is 4.14. The number of likely N-dealkylation sites (tertiary alicyclic amines) is 2. The van der Waals surface area contributed by atoms with E-state index in [0.29, 0.717) is 0 Å². The summed E-state index contributed by atoms with van der Waals surface area (Å²) in [5.41, 5.74) is 9.31. The lowest BCUT2D eigenvalue weighted by atomic mass is 9.84. The van der Waals surface area contributed by atoms with E-state index in [1.54, 1.807) is 0 Å². The van der Waals surface area contributed by atoms with Gasteiger partial charge in [0.05, 0.1) is 0 Å². The van der Waals surface area contributed by atoms with E-state index in [9.17, 15) is 4.79 Å². The fourth-order valence-corrected chi connectivity index (χ4v) is 4.30. The SMILES string of the molecule is Cc1ccc(CN2CCCC23CCN(C(=O)OC(C)(C)C)CC3)c(N)c1. The second-order valence-electron chi connectivity index (χ2n) is 8.92. The van der Waals surface area contributed by atoms with Crippen molar-refractivity contribution >= 4 is 11.8 Å². The Morgan fingerprint density at radius 3 is 2.50 bits per heavy atom. The van der Waals surface area contributed by atoms with Gasteiger partial charge in [-0.1, -0.05) is 12.1 Å². The van der Waals surface area contributed by atoms with E-state index < -0.39 is 5.60 Å². The number of carbonyl (C=O) groups is 1. The van der Waals surface area contributed by atoms with Crippen LogP contribution < -0.4 is 5.73 Å². The van der Waals surface area contributed by atoms with Gasteiger partial charge in [0.2, 0.25) is 0 Å². The highest BCUT2D eigenvalue weighted by Gasteiger charge is 2.44. The van der Waals surface area contributed by atoms with E-state index in [-0.39, 0.29) is 11.6 Å². The Labute approximate surface area is 157 Å². The van der Waals surface area contributed by atoms with Crippen molar-refractivity contribution in [2.24, 2.45) is 0 Å². The highest BCUT2D eigenvalue weighted by molar-refractivity contribution is 5.68. The first-order valence-corrected chi connectivity index (χ1v) is 9.77. The molecule has 0 saturated carbocycles. The van der Waals surface area contributed by atoms with Gasteiger partial charge in [0.15, 0.2) is 0 Å². The Hall–Kier alpha value is -1.75. The number of benzene rings is 1. The van der Waals surface area contributed by atoms with Crippen LogP contribution in [0.25, 0.3) is 0 Å². The van der Waals surface area contributed by atoms with Gasteiger partial charge < -0.3 is 15.4 Å². The zero-order chi connectivity index (χ0) is 18.9. The Bertz CT molecular complexity index is 658. The minimum Gasteiger partial charge on any atom is -0.444 e. The molecule has 144 valence electrons. The molecule has 5 nitrogen and oxygen atoms in total. The van der Waals surface area contributed by atoms with Gasteiger partial charge in [-0.25, -0.2) is 4.79 Å². The fourth-order valence-electron chi connectivity index (χ4n) is 4.30. The number of carbonyl (C=O) groups excluding carboxylic acids is 1. The molecule has 2 saturated heterocycles. The number of nitrogens with two attached hydrogens (primary N) is 1. The first kappa shape index (κ1) is 19.0. The van der Waals surface area contributed by atoms with Crippen LogP contribution in [0.2, 0.25) is 0 Å². The molecule has 2 aliphatic rings. The van der Waals surface area contributed by atoms with Gasteiger partial charge >= 0.3 is 6.09 Å². The zero-order valence-corrected chi connectivity index (χ0v) is 16.7. The highest BCUT2D eigenvalue weighted by Crippen LogP contribution is 2.40. The predicted octanol–water partition coefficient (Wildman–Crippen LogP) is 3.94. The first-order valence-electron chi connectivity index (χ1n) is 9.77. The third-order valence-electron chi connectivity index (χ3n) is 5.75. The average Bonchev–Trinajstić information content (AvgIpc) is 2.91. The second kappa shape index (κ2) is 7.10. The summed E-state index contributed by atoms with van der Waals surface area (Å²) >= 11 is 0. The van der Waals surface area contributed by atoms with Crippen molar-refractivity contribution in [2.75, 3.05) is 25.4 Å². The van der Waals surface area contributed by atoms with Crippen molar-refractivity contribution in [3.05, 3.63) is 29.3 Å². The van der Waals surface area contributed by atoms with Crippen LogP contribution in [0, 0.1) is 6.92 Å². The van der Waals surface area contributed by atoms with Crippen molar-refractivity contribution in [3.8, 4) is 0 Å². The predicted molar refractivity (Wildman–Crippen MR) is 105 cm³/mol. The maximum atomic E-state index is 12.3. The van der Waals surface area contributed by atoms with Gasteiger partial charge in [0.25, 0.3) is 0 Å². The summed E-state index contributed by atoms with van der Waals surface area (Å²) in [7, 11) is 0. The molecule has 2 aliphatic heterocycles. The molecule has 26 heavy (non-hydrogen) atoms. The molecule has 0 aromatic heterocycles. The van der Waals surface area contributed by atoms with Crippen molar-refractivity contribution in [1.29, 1.82) is 0 Å². The van der Waals surface area contributed by atoms with Crippen LogP contribution in [0.4, 0.5) is 10.5 Å². The molecule has 2 N–H and O–H groups in total. The molecular weight excluding hydrogens is 326 g/mol. The van der Waals surface area contributed by atoms with Crippen LogP contribution in [-0.2, 0) is 11.3 Å². The molecule has 1 aromatic rings. The molecule has 1 amide bonds. The quantitative estimate of drug-likeness (QED) is 0.813. The number of anilines is 1. The van der Waals surface area contributed by atoms with Gasteiger partial charge in [0.1, 0.15) is 5.60 Å². The van der Waals surface area contributed by atoms with Crippen LogP contribution in [0.3, 0.4) is 0 Å². The number of hydrogen-bond donors (Lipinski definition) is 1. The Balaban J connectivity index is 1.64. The minimum atomic E-state index is -0.436. The third-order valence-corrected chi connectivity index (χ3v) is 5.75. The van der Waals surface area contributed by atoms with Crippen molar-refractivity contribution in [1.82, 2.24) is 9.80 Å². The normalized spacial score (nSPS) is 20.5. The minimum absolute atomic E-state index is 0.181. The monoisotopic (exact) mass is 359 g/mol. The number of nitrogens with zero attached hydrogens (tertiary/aromatic N) is 2. The van der Waals surface area contributed by atoms with Gasteiger partial charge in [-0.15, -0.1) is 0 Å². The van der Waals surface area contributed by atoms with Crippen molar-refractivity contribution in [2.45, 2.75) is 71.1 Å². The van der Waals surface area contributed by atoms with Crippen molar-refractivity contribution < 1.29 is 9.53 Å². The zero-order valence-electron chi connectivity index (χ0n) is 16.7. The molecule has 3 rings (SSSR count). The summed E-state index contributed by atoms with van der Waals surface area (Å²) in [6.07, 6.45) is 4.27. The van der Waals surface area contributed by atoms with E-state index in [0.717, 1.165) is 44.7 Å². The number of amides is 1. The van der Waals surface area contributed by atoms with Crippen LogP contribution in [0.1, 0.15) is 57.6 Å². The van der Waals surface area contributed by atoms with E-state index in [4.69, 9.17) is 10.5 Å². The molecule has 0 bridgehead atoms. The maximum absolute atomic E-state index is 12.3. The molecule has 2 heterocycles. The second-order valence-corrected chi connectivity index (χ2v) is 8.92. The number of nitrogen functional groups attached to an aromatic ring is 1. The molecule has 0 aliphatic carbocycles. The topological polar surface area (TPSA) is 58.8 Å². The molecular formula is C21H33N3O2. The van der Waals surface area contributed by atoms with E-state index >= 15 is 0 Å². The van der Waals surface area contributed by atoms with Gasteiger partial charge in [-0.2, -0.15) is 0 Å². The standard InChI is InChI=1S/C21H33N3O2/c1-16-6-7-17(18(22)14-16)15-24-11-5-8-21(24)9-12-23(13-10-21)19(25)26-20(2,3)4/h6-7,14H,5,8-13,15,22H2,1-4H3. The smallest absolute Gasteiger partial charge is 0.410 e. The number of aryl methyl sites for hydroxylation is 1. The molecule has 1 spiro atoms.